The fourth-order valence-electron chi connectivity index (χ4n) is 5.50. The van der Waals surface area contributed by atoms with Crippen LogP contribution in [0.3, 0.4) is 0 Å². The third-order valence-electron chi connectivity index (χ3n) is 7.88. The highest BCUT2D eigenvalue weighted by molar-refractivity contribution is 5.93. The molecule has 1 fully saturated rings. The summed E-state index contributed by atoms with van der Waals surface area (Å²) in [5.41, 5.74) is 9.26. The SMILES string of the molecule is C=C(NC1=NC=CC1)c1cccc(N(Cc2ccc(-c3ccc(N(C)C)cc3)cc2)C(=C)C2CCCCC2)c1. The van der Waals surface area contributed by atoms with E-state index >= 15 is 0 Å². The Hall–Kier alpha value is -4.05. The van der Waals surface area contributed by atoms with E-state index in [1.807, 2.05) is 12.3 Å². The van der Waals surface area contributed by atoms with Gasteiger partial charge in [-0.05, 0) is 65.3 Å². The third-order valence-corrected chi connectivity index (χ3v) is 7.88. The molecule has 1 heterocycles. The molecule has 1 saturated carbocycles. The molecular weight excluding hydrogens is 476 g/mol. The molecule has 0 radical (unpaired) electrons. The number of hydrogen-bond acceptors (Lipinski definition) is 4. The Morgan fingerprint density at radius 2 is 1.56 bits per heavy atom. The van der Waals surface area contributed by atoms with Gasteiger partial charge in [-0.15, -0.1) is 0 Å². The number of hydrogen-bond donors (Lipinski definition) is 1. The number of amidine groups is 1. The summed E-state index contributed by atoms with van der Waals surface area (Å²) in [5, 5.41) is 3.38. The van der Waals surface area contributed by atoms with Gasteiger partial charge in [0.1, 0.15) is 5.84 Å². The standard InChI is InChI=1S/C35H40N4/c1-26(37-35-14-9-23-36-35)32-12-8-13-34(24-32)39(27(2)29-10-6-5-7-11-29)25-28-15-17-30(18-16-28)31-19-21-33(22-20-31)38(3)4/h8-9,12-13,15-24,29H,1-2,5-7,10-11,14,25H2,3-4H3,(H,36,37). The molecule has 0 unspecified atom stereocenters. The smallest absolute Gasteiger partial charge is 0.110 e. The second kappa shape index (κ2) is 12.2. The van der Waals surface area contributed by atoms with Crippen LogP contribution >= 0.6 is 0 Å². The maximum absolute atomic E-state index is 4.65. The van der Waals surface area contributed by atoms with Gasteiger partial charge >= 0.3 is 0 Å². The summed E-state index contributed by atoms with van der Waals surface area (Å²) < 4.78 is 0. The minimum atomic E-state index is 0.525. The first-order valence-corrected chi connectivity index (χ1v) is 14.1. The van der Waals surface area contributed by atoms with Gasteiger partial charge in [-0.3, -0.25) is 0 Å². The van der Waals surface area contributed by atoms with Crippen molar-refractivity contribution in [2.45, 2.75) is 45.1 Å². The normalized spacial score (nSPS) is 15.1. The van der Waals surface area contributed by atoms with E-state index in [-0.39, 0.29) is 0 Å². The molecule has 39 heavy (non-hydrogen) atoms. The highest BCUT2D eigenvalue weighted by Crippen LogP contribution is 2.35. The lowest BCUT2D eigenvalue weighted by Gasteiger charge is -2.34. The zero-order valence-electron chi connectivity index (χ0n) is 23.4. The first-order chi connectivity index (χ1) is 19.0. The van der Waals surface area contributed by atoms with Crippen molar-refractivity contribution < 1.29 is 0 Å². The number of nitrogens with zero attached hydrogens (tertiary/aromatic N) is 3. The van der Waals surface area contributed by atoms with E-state index in [1.54, 1.807) is 0 Å². The number of benzene rings is 3. The molecule has 5 rings (SSSR count). The van der Waals surface area contributed by atoms with Crippen molar-refractivity contribution in [3.05, 3.63) is 115 Å². The third kappa shape index (κ3) is 6.51. The zero-order valence-corrected chi connectivity index (χ0v) is 23.4. The molecule has 0 bridgehead atoms. The zero-order chi connectivity index (χ0) is 27.2. The summed E-state index contributed by atoms with van der Waals surface area (Å²) in [6.45, 7) is 9.74. The van der Waals surface area contributed by atoms with E-state index in [2.05, 4.69) is 120 Å². The van der Waals surface area contributed by atoms with Gasteiger partial charge in [0, 0.05) is 56.0 Å². The molecule has 0 amide bonds. The number of allylic oxidation sites excluding steroid dienone is 1. The van der Waals surface area contributed by atoms with Crippen molar-refractivity contribution >= 4 is 22.9 Å². The fraction of sp³-hybridized carbons (Fsp3) is 0.286. The summed E-state index contributed by atoms with van der Waals surface area (Å²) in [4.78, 5) is 8.93. The molecule has 1 aliphatic heterocycles. The number of aliphatic imine (C=N–C) groups is 1. The van der Waals surface area contributed by atoms with Crippen molar-refractivity contribution in [2.75, 3.05) is 23.9 Å². The Bertz CT molecular complexity index is 1360. The fourth-order valence-corrected chi connectivity index (χ4v) is 5.50. The lowest BCUT2D eigenvalue weighted by Crippen LogP contribution is -2.27. The van der Waals surface area contributed by atoms with Crippen LogP contribution in [0, 0.1) is 5.92 Å². The molecule has 4 heteroatoms. The van der Waals surface area contributed by atoms with E-state index in [1.165, 1.54) is 60.2 Å². The second-order valence-electron chi connectivity index (χ2n) is 10.9. The lowest BCUT2D eigenvalue weighted by atomic mass is 9.86. The van der Waals surface area contributed by atoms with Crippen LogP contribution in [0.5, 0.6) is 0 Å². The molecular formula is C35H40N4. The average molecular weight is 517 g/mol. The molecule has 1 N–H and O–H groups in total. The molecule has 2 aliphatic rings. The van der Waals surface area contributed by atoms with Gasteiger partial charge in [0.25, 0.3) is 0 Å². The van der Waals surface area contributed by atoms with Gasteiger partial charge < -0.3 is 15.1 Å². The second-order valence-corrected chi connectivity index (χ2v) is 10.9. The number of rotatable bonds is 9. The quantitative estimate of drug-likeness (QED) is 0.310. The number of anilines is 2. The summed E-state index contributed by atoms with van der Waals surface area (Å²) in [6, 6.07) is 26.4. The Morgan fingerprint density at radius 3 is 2.21 bits per heavy atom. The maximum Gasteiger partial charge on any atom is 0.110 e. The predicted molar refractivity (Wildman–Crippen MR) is 168 cm³/mol. The molecule has 3 aromatic rings. The van der Waals surface area contributed by atoms with Crippen LogP contribution in [0.25, 0.3) is 16.8 Å². The molecule has 4 nitrogen and oxygen atoms in total. The summed E-state index contributed by atoms with van der Waals surface area (Å²) >= 11 is 0. The van der Waals surface area contributed by atoms with Crippen LogP contribution in [0.1, 0.15) is 49.7 Å². The van der Waals surface area contributed by atoms with Crippen LogP contribution in [-0.2, 0) is 6.54 Å². The Morgan fingerprint density at radius 1 is 0.872 bits per heavy atom. The first kappa shape index (κ1) is 26.6. The van der Waals surface area contributed by atoms with Gasteiger partial charge in [-0.25, -0.2) is 4.99 Å². The Balaban J connectivity index is 1.38. The summed E-state index contributed by atoms with van der Waals surface area (Å²) in [7, 11) is 4.14. The van der Waals surface area contributed by atoms with Gasteiger partial charge in [-0.1, -0.05) is 87.0 Å². The molecule has 0 saturated heterocycles. The molecule has 0 atom stereocenters. The van der Waals surface area contributed by atoms with Crippen molar-refractivity contribution in [1.29, 1.82) is 0 Å². The Kier molecular flexibility index (Phi) is 8.31. The summed E-state index contributed by atoms with van der Waals surface area (Å²) in [6.07, 6.45) is 11.1. The van der Waals surface area contributed by atoms with E-state index in [0.29, 0.717) is 5.92 Å². The topological polar surface area (TPSA) is 30.9 Å². The highest BCUT2D eigenvalue weighted by Gasteiger charge is 2.23. The van der Waals surface area contributed by atoms with E-state index in [0.717, 1.165) is 35.7 Å². The highest BCUT2D eigenvalue weighted by atomic mass is 15.1. The first-order valence-electron chi connectivity index (χ1n) is 14.1. The van der Waals surface area contributed by atoms with Crippen molar-refractivity contribution in [1.82, 2.24) is 5.32 Å². The van der Waals surface area contributed by atoms with E-state index < -0.39 is 0 Å². The van der Waals surface area contributed by atoms with Crippen LogP contribution in [0.4, 0.5) is 11.4 Å². The molecule has 200 valence electrons. The van der Waals surface area contributed by atoms with E-state index in [4.69, 9.17) is 0 Å². The van der Waals surface area contributed by atoms with Crippen molar-refractivity contribution in [3.63, 3.8) is 0 Å². The van der Waals surface area contributed by atoms with Gasteiger partial charge in [0.15, 0.2) is 0 Å². The lowest BCUT2D eigenvalue weighted by molar-refractivity contribution is 0.396. The van der Waals surface area contributed by atoms with E-state index in [9.17, 15) is 0 Å². The predicted octanol–water partition coefficient (Wildman–Crippen LogP) is 8.40. The maximum atomic E-state index is 4.65. The van der Waals surface area contributed by atoms with Crippen molar-refractivity contribution in [2.24, 2.45) is 10.9 Å². The van der Waals surface area contributed by atoms with Crippen LogP contribution in [-0.4, -0.2) is 19.9 Å². The largest absolute Gasteiger partial charge is 0.378 e. The molecule has 0 spiro atoms. The minimum Gasteiger partial charge on any atom is -0.378 e. The van der Waals surface area contributed by atoms with Gasteiger partial charge in [0.2, 0.25) is 0 Å². The Labute approximate surface area is 234 Å². The molecule has 3 aromatic carbocycles. The van der Waals surface area contributed by atoms with Gasteiger partial charge in [0.05, 0.1) is 0 Å². The molecule has 1 aliphatic carbocycles. The van der Waals surface area contributed by atoms with Crippen molar-refractivity contribution in [3.8, 4) is 11.1 Å². The van der Waals surface area contributed by atoms with Gasteiger partial charge in [-0.2, -0.15) is 0 Å². The van der Waals surface area contributed by atoms with Crippen LogP contribution in [0.15, 0.2) is 109 Å². The monoisotopic (exact) mass is 516 g/mol. The minimum absolute atomic E-state index is 0.525. The number of nitrogens with one attached hydrogen (secondary N) is 1. The summed E-state index contributed by atoms with van der Waals surface area (Å²) in [5.74, 6) is 1.46. The van der Waals surface area contributed by atoms with Crippen LogP contribution < -0.4 is 15.1 Å². The average Bonchev–Trinajstić information content (AvgIpc) is 3.49. The molecule has 0 aromatic heterocycles. The van der Waals surface area contributed by atoms with Crippen LogP contribution in [0.2, 0.25) is 0 Å².